The average molecular weight is 394 g/mol. The Morgan fingerprint density at radius 2 is 1.53 bits per heavy atom. The molecule has 0 saturated heterocycles. The Balaban J connectivity index is 1.56. The summed E-state index contributed by atoms with van der Waals surface area (Å²) < 4.78 is 0. The number of rotatable bonds is 6. The molecule has 5 nitrogen and oxygen atoms in total. The minimum Gasteiger partial charge on any atom is -0.324 e. The maximum Gasteiger partial charge on any atom is 0.261 e. The first-order chi connectivity index (χ1) is 14.7. The third-order valence-corrected chi connectivity index (χ3v) is 4.67. The standard InChI is InChI=1S/C25H22N4O/c1-19-9-8-12-22(15-19)28-25-26-16-21(17-27-25)24(30)29(23-13-6-3-7-14-23)18-20-10-4-2-5-11-20/h2-17H,18H2,1H3,(H,26,27,28). The number of carbonyl (C=O) groups excluding carboxylic acids is 1. The number of anilines is 3. The van der Waals surface area contributed by atoms with Gasteiger partial charge in [-0.3, -0.25) is 4.79 Å². The van der Waals surface area contributed by atoms with Gasteiger partial charge in [0.1, 0.15) is 0 Å². The van der Waals surface area contributed by atoms with Crippen molar-refractivity contribution in [1.29, 1.82) is 0 Å². The number of para-hydroxylation sites is 1. The predicted molar refractivity (Wildman–Crippen MR) is 120 cm³/mol. The van der Waals surface area contributed by atoms with E-state index in [0.717, 1.165) is 22.5 Å². The van der Waals surface area contributed by atoms with E-state index in [-0.39, 0.29) is 5.91 Å². The first-order valence-electron chi connectivity index (χ1n) is 9.75. The minimum atomic E-state index is -0.146. The fourth-order valence-corrected chi connectivity index (χ4v) is 3.17. The van der Waals surface area contributed by atoms with Gasteiger partial charge < -0.3 is 10.2 Å². The molecule has 1 amide bonds. The van der Waals surface area contributed by atoms with Crippen LogP contribution in [0.1, 0.15) is 21.5 Å². The van der Waals surface area contributed by atoms with Crippen LogP contribution >= 0.6 is 0 Å². The maximum atomic E-state index is 13.3. The van der Waals surface area contributed by atoms with Crippen molar-refractivity contribution in [2.45, 2.75) is 13.5 Å². The van der Waals surface area contributed by atoms with Gasteiger partial charge in [0, 0.05) is 23.8 Å². The van der Waals surface area contributed by atoms with Crippen LogP contribution in [-0.4, -0.2) is 15.9 Å². The molecule has 148 valence electrons. The van der Waals surface area contributed by atoms with E-state index in [1.54, 1.807) is 17.3 Å². The van der Waals surface area contributed by atoms with Crippen molar-refractivity contribution in [2.24, 2.45) is 0 Å². The van der Waals surface area contributed by atoms with Crippen molar-refractivity contribution in [3.63, 3.8) is 0 Å². The average Bonchev–Trinajstić information content (AvgIpc) is 2.79. The smallest absolute Gasteiger partial charge is 0.261 e. The molecule has 0 saturated carbocycles. The third-order valence-electron chi connectivity index (χ3n) is 4.67. The number of hydrogen-bond donors (Lipinski definition) is 1. The summed E-state index contributed by atoms with van der Waals surface area (Å²) in [6.45, 7) is 2.49. The first kappa shape index (κ1) is 19.3. The molecule has 1 aromatic heterocycles. The van der Waals surface area contributed by atoms with Crippen molar-refractivity contribution < 1.29 is 4.79 Å². The number of aryl methyl sites for hydroxylation is 1. The van der Waals surface area contributed by atoms with Gasteiger partial charge in [0.2, 0.25) is 5.95 Å². The molecule has 3 aromatic carbocycles. The number of benzene rings is 3. The molecule has 0 radical (unpaired) electrons. The topological polar surface area (TPSA) is 58.1 Å². The summed E-state index contributed by atoms with van der Waals surface area (Å²) in [5.74, 6) is 0.304. The highest BCUT2D eigenvalue weighted by Gasteiger charge is 2.19. The number of hydrogen-bond acceptors (Lipinski definition) is 4. The summed E-state index contributed by atoms with van der Waals surface area (Å²) in [5, 5.41) is 3.16. The van der Waals surface area contributed by atoms with Crippen LogP contribution in [-0.2, 0) is 6.54 Å². The summed E-state index contributed by atoms with van der Waals surface area (Å²) in [6.07, 6.45) is 3.13. The highest BCUT2D eigenvalue weighted by molar-refractivity contribution is 6.05. The molecule has 0 bridgehead atoms. The molecule has 1 heterocycles. The van der Waals surface area contributed by atoms with Crippen molar-refractivity contribution >= 4 is 23.2 Å². The van der Waals surface area contributed by atoms with Gasteiger partial charge >= 0.3 is 0 Å². The Morgan fingerprint density at radius 1 is 0.867 bits per heavy atom. The zero-order chi connectivity index (χ0) is 20.8. The number of carbonyl (C=O) groups is 1. The van der Waals surface area contributed by atoms with Crippen molar-refractivity contribution in [2.75, 3.05) is 10.2 Å². The van der Waals surface area contributed by atoms with Crippen LogP contribution in [0.2, 0.25) is 0 Å². The van der Waals surface area contributed by atoms with Crippen LogP contribution in [0.3, 0.4) is 0 Å². The molecule has 0 aliphatic carbocycles. The largest absolute Gasteiger partial charge is 0.324 e. The van der Waals surface area contributed by atoms with E-state index in [4.69, 9.17) is 0 Å². The molecule has 0 aliphatic rings. The molecule has 4 aromatic rings. The van der Waals surface area contributed by atoms with Crippen LogP contribution < -0.4 is 10.2 Å². The van der Waals surface area contributed by atoms with Crippen LogP contribution in [0, 0.1) is 6.92 Å². The lowest BCUT2D eigenvalue weighted by atomic mass is 10.1. The van der Waals surface area contributed by atoms with Crippen LogP contribution in [0.4, 0.5) is 17.3 Å². The molecule has 4 rings (SSSR count). The van der Waals surface area contributed by atoms with Crippen molar-refractivity contribution in [3.05, 3.63) is 114 Å². The van der Waals surface area contributed by atoms with Crippen LogP contribution in [0.25, 0.3) is 0 Å². The van der Waals surface area contributed by atoms with E-state index in [1.807, 2.05) is 91.9 Å². The van der Waals surface area contributed by atoms with Gasteiger partial charge in [0.05, 0.1) is 12.1 Å². The van der Waals surface area contributed by atoms with E-state index in [1.165, 1.54) is 0 Å². The Morgan fingerprint density at radius 3 is 2.20 bits per heavy atom. The SMILES string of the molecule is Cc1cccc(Nc2ncc(C(=O)N(Cc3ccccc3)c3ccccc3)cn2)c1. The zero-order valence-electron chi connectivity index (χ0n) is 16.7. The highest BCUT2D eigenvalue weighted by atomic mass is 16.2. The minimum absolute atomic E-state index is 0.146. The second-order valence-corrected chi connectivity index (χ2v) is 7.00. The lowest BCUT2D eigenvalue weighted by Crippen LogP contribution is -2.30. The van der Waals surface area contributed by atoms with E-state index in [0.29, 0.717) is 18.1 Å². The fraction of sp³-hybridized carbons (Fsp3) is 0.0800. The second kappa shape index (κ2) is 9.01. The van der Waals surface area contributed by atoms with Gasteiger partial charge in [-0.05, 0) is 42.3 Å². The van der Waals surface area contributed by atoms with Gasteiger partial charge in [-0.1, -0.05) is 60.7 Å². The summed E-state index contributed by atoms with van der Waals surface area (Å²) in [5.41, 5.74) is 4.36. The lowest BCUT2D eigenvalue weighted by Gasteiger charge is -2.23. The molecule has 0 aliphatic heterocycles. The molecular weight excluding hydrogens is 372 g/mol. The Labute approximate surface area is 176 Å². The molecule has 1 N–H and O–H groups in total. The van der Waals surface area contributed by atoms with Crippen molar-refractivity contribution in [3.8, 4) is 0 Å². The van der Waals surface area contributed by atoms with Gasteiger partial charge in [-0.15, -0.1) is 0 Å². The molecule has 0 unspecified atom stereocenters. The van der Waals surface area contributed by atoms with E-state index in [2.05, 4.69) is 15.3 Å². The monoisotopic (exact) mass is 394 g/mol. The summed E-state index contributed by atoms with van der Waals surface area (Å²) >= 11 is 0. The first-order valence-corrected chi connectivity index (χ1v) is 9.75. The lowest BCUT2D eigenvalue weighted by molar-refractivity contribution is 0.0984. The van der Waals surface area contributed by atoms with Gasteiger partial charge in [-0.25, -0.2) is 9.97 Å². The maximum absolute atomic E-state index is 13.3. The molecule has 0 atom stereocenters. The highest BCUT2D eigenvalue weighted by Crippen LogP contribution is 2.20. The van der Waals surface area contributed by atoms with E-state index in [9.17, 15) is 4.79 Å². The Kier molecular flexibility index (Phi) is 5.80. The Hall–Kier alpha value is -3.99. The van der Waals surface area contributed by atoms with Crippen molar-refractivity contribution in [1.82, 2.24) is 9.97 Å². The van der Waals surface area contributed by atoms with E-state index >= 15 is 0 Å². The van der Waals surface area contributed by atoms with Gasteiger partial charge in [-0.2, -0.15) is 0 Å². The number of nitrogens with zero attached hydrogens (tertiary/aromatic N) is 3. The molecular formula is C25H22N4O. The quantitative estimate of drug-likeness (QED) is 0.477. The second-order valence-electron chi connectivity index (χ2n) is 7.00. The third kappa shape index (κ3) is 4.70. The predicted octanol–water partition coefficient (Wildman–Crippen LogP) is 5.38. The van der Waals surface area contributed by atoms with E-state index < -0.39 is 0 Å². The fourth-order valence-electron chi connectivity index (χ4n) is 3.17. The zero-order valence-corrected chi connectivity index (χ0v) is 16.7. The van der Waals surface area contributed by atoms with Crippen LogP contribution in [0.5, 0.6) is 0 Å². The molecule has 30 heavy (non-hydrogen) atoms. The normalized spacial score (nSPS) is 10.4. The summed E-state index contributed by atoms with van der Waals surface area (Å²) in [4.78, 5) is 23.7. The number of aromatic nitrogens is 2. The molecule has 0 spiro atoms. The number of amides is 1. The van der Waals surface area contributed by atoms with Gasteiger partial charge in [0.15, 0.2) is 0 Å². The molecule has 5 heteroatoms. The summed E-state index contributed by atoms with van der Waals surface area (Å²) in [7, 11) is 0. The Bertz CT molecular complexity index is 1110. The van der Waals surface area contributed by atoms with Gasteiger partial charge in [0.25, 0.3) is 5.91 Å². The van der Waals surface area contributed by atoms with Crippen LogP contribution in [0.15, 0.2) is 97.3 Å². The molecule has 0 fully saturated rings. The summed E-state index contributed by atoms with van der Waals surface area (Å²) in [6, 6.07) is 27.5. The number of nitrogens with one attached hydrogen (secondary N) is 1.